The molecule has 0 unspecified atom stereocenters. The second kappa shape index (κ2) is 10.6. The maximum absolute atomic E-state index is 13.1. The molecule has 2 amide bonds. The highest BCUT2D eigenvalue weighted by Gasteiger charge is 2.28. The molecule has 1 saturated heterocycles. The fourth-order valence-electron chi connectivity index (χ4n) is 5.21. The molecule has 3 N–H and O–H groups in total. The molecule has 198 valence electrons. The molecule has 3 aromatic rings. The van der Waals surface area contributed by atoms with Crippen molar-refractivity contribution in [1.82, 2.24) is 15.2 Å². The van der Waals surface area contributed by atoms with Crippen LogP contribution in [0.1, 0.15) is 51.3 Å². The molecule has 1 aromatic heterocycles. The van der Waals surface area contributed by atoms with Crippen molar-refractivity contribution in [1.29, 1.82) is 0 Å². The average molecular weight is 533 g/mol. The number of fused-ring (bicyclic) bond motifs is 1. The summed E-state index contributed by atoms with van der Waals surface area (Å²) in [4.78, 5) is 31.6. The zero-order chi connectivity index (χ0) is 26.9. The van der Waals surface area contributed by atoms with E-state index in [-0.39, 0.29) is 22.5 Å². The number of H-pyrrole nitrogens is 1. The Morgan fingerprint density at radius 2 is 1.82 bits per heavy atom. The quantitative estimate of drug-likeness (QED) is 0.381. The molecule has 38 heavy (non-hydrogen) atoms. The van der Waals surface area contributed by atoms with Crippen LogP contribution in [-0.4, -0.2) is 56.3 Å². The molecule has 0 bridgehead atoms. The normalized spacial score (nSPS) is 16.6. The summed E-state index contributed by atoms with van der Waals surface area (Å²) in [5.74, 6) is -0.593. The van der Waals surface area contributed by atoms with Crippen LogP contribution in [0.25, 0.3) is 11.6 Å². The molecule has 0 atom stereocenters. The Labute approximate surface area is 223 Å². The molecule has 2 aromatic carbocycles. The molecular formula is C29H32N4O4S. The third-order valence-electron chi connectivity index (χ3n) is 7.24. The number of anilines is 1. The number of rotatable bonds is 8. The summed E-state index contributed by atoms with van der Waals surface area (Å²) in [6.07, 6.45) is 4.11. The minimum Gasteiger partial charge on any atom is -0.358 e. The number of aromatic amines is 1. The minimum atomic E-state index is -3.62. The molecule has 0 spiro atoms. The van der Waals surface area contributed by atoms with Crippen LogP contribution in [0.5, 0.6) is 0 Å². The van der Waals surface area contributed by atoms with Crippen molar-refractivity contribution < 1.29 is 18.0 Å². The van der Waals surface area contributed by atoms with Crippen molar-refractivity contribution in [3.8, 4) is 0 Å². The Morgan fingerprint density at radius 3 is 2.55 bits per heavy atom. The van der Waals surface area contributed by atoms with Gasteiger partial charge in [-0.3, -0.25) is 9.59 Å². The van der Waals surface area contributed by atoms with Crippen molar-refractivity contribution in [2.75, 3.05) is 31.5 Å². The van der Waals surface area contributed by atoms with Crippen LogP contribution in [0.4, 0.5) is 5.69 Å². The first kappa shape index (κ1) is 25.9. The van der Waals surface area contributed by atoms with E-state index in [2.05, 4.69) is 20.5 Å². The summed E-state index contributed by atoms with van der Waals surface area (Å²) >= 11 is 0. The third-order valence-corrected chi connectivity index (χ3v) is 8.92. The molecular weight excluding hydrogens is 500 g/mol. The van der Waals surface area contributed by atoms with Gasteiger partial charge in [-0.05, 0) is 75.2 Å². The number of aromatic nitrogens is 1. The molecule has 0 saturated carbocycles. The lowest BCUT2D eigenvalue weighted by Crippen LogP contribution is -2.33. The van der Waals surface area contributed by atoms with Crippen LogP contribution in [0.15, 0.2) is 53.4 Å². The van der Waals surface area contributed by atoms with Gasteiger partial charge in [0.25, 0.3) is 11.8 Å². The lowest BCUT2D eigenvalue weighted by Gasteiger charge is -2.14. The molecule has 8 nitrogen and oxygen atoms in total. The molecule has 9 heteroatoms. The van der Waals surface area contributed by atoms with E-state index in [0.29, 0.717) is 45.9 Å². The van der Waals surface area contributed by atoms with E-state index < -0.39 is 9.84 Å². The van der Waals surface area contributed by atoms with Crippen molar-refractivity contribution in [2.45, 2.75) is 37.3 Å². The summed E-state index contributed by atoms with van der Waals surface area (Å²) in [7, 11) is -3.62. The van der Waals surface area contributed by atoms with E-state index in [9.17, 15) is 18.0 Å². The Kier molecular flexibility index (Phi) is 7.23. The number of carbonyl (C=O) groups excluding carboxylic acids is 2. The molecule has 3 heterocycles. The second-order valence-corrected chi connectivity index (χ2v) is 11.9. The first-order valence-electron chi connectivity index (χ1n) is 12.9. The fraction of sp³-hybridized carbons (Fsp3) is 0.310. The van der Waals surface area contributed by atoms with Crippen LogP contribution in [0, 0.1) is 13.8 Å². The van der Waals surface area contributed by atoms with Crippen molar-refractivity contribution in [2.24, 2.45) is 0 Å². The number of benzene rings is 2. The van der Waals surface area contributed by atoms with Crippen LogP contribution < -0.4 is 10.6 Å². The van der Waals surface area contributed by atoms with Crippen molar-refractivity contribution in [3.63, 3.8) is 0 Å². The van der Waals surface area contributed by atoms with Crippen LogP contribution in [0.2, 0.25) is 0 Å². The van der Waals surface area contributed by atoms with Gasteiger partial charge in [-0.25, -0.2) is 8.42 Å². The SMILES string of the molecule is Cc1[nH]c(C=C2C(=O)Nc3ccc(S(=O)(=O)Cc4ccccc4)cc32)c(C)c1C(=O)NCCN1CCCC1. The fourth-order valence-corrected chi connectivity index (χ4v) is 6.58. The van der Waals surface area contributed by atoms with E-state index in [0.717, 1.165) is 25.2 Å². The van der Waals surface area contributed by atoms with Gasteiger partial charge in [0.2, 0.25) is 0 Å². The molecule has 1 fully saturated rings. The predicted octanol–water partition coefficient (Wildman–Crippen LogP) is 3.92. The largest absolute Gasteiger partial charge is 0.358 e. The number of sulfone groups is 1. The zero-order valence-corrected chi connectivity index (χ0v) is 22.5. The highest BCUT2D eigenvalue weighted by molar-refractivity contribution is 7.90. The van der Waals surface area contributed by atoms with Gasteiger partial charge in [-0.2, -0.15) is 0 Å². The number of hydrogen-bond acceptors (Lipinski definition) is 5. The Balaban J connectivity index is 1.39. The summed E-state index contributed by atoms with van der Waals surface area (Å²) in [6.45, 7) is 7.25. The topological polar surface area (TPSA) is 111 Å². The Bertz CT molecular complexity index is 1520. The van der Waals surface area contributed by atoms with Crippen LogP contribution in [-0.2, 0) is 20.4 Å². The number of carbonyl (C=O) groups is 2. The number of hydrogen-bond donors (Lipinski definition) is 3. The number of likely N-dealkylation sites (tertiary alicyclic amines) is 1. The van der Waals surface area contributed by atoms with Gasteiger partial charge < -0.3 is 20.5 Å². The molecule has 0 radical (unpaired) electrons. The summed E-state index contributed by atoms with van der Waals surface area (Å²) < 4.78 is 26.2. The van der Waals surface area contributed by atoms with Gasteiger partial charge in [-0.15, -0.1) is 0 Å². The standard InChI is InChI=1S/C29H32N4O4S/c1-19-26(31-20(2)27(19)29(35)30-12-15-33-13-6-7-14-33)17-24-23-16-22(10-11-25(23)32-28(24)34)38(36,37)18-21-8-4-3-5-9-21/h3-5,8-11,16-17,31H,6-7,12-15,18H2,1-2H3,(H,30,35)(H,32,34). The third kappa shape index (κ3) is 5.30. The van der Waals surface area contributed by atoms with Crippen molar-refractivity contribution >= 4 is 39.0 Å². The van der Waals surface area contributed by atoms with E-state index in [1.807, 2.05) is 19.9 Å². The van der Waals surface area contributed by atoms with Gasteiger partial charge in [0.05, 0.1) is 21.8 Å². The maximum atomic E-state index is 13.1. The van der Waals surface area contributed by atoms with Gasteiger partial charge in [0, 0.05) is 35.7 Å². The summed E-state index contributed by atoms with van der Waals surface area (Å²) in [5.41, 5.74) is 4.78. The molecule has 2 aliphatic rings. The minimum absolute atomic E-state index is 0.127. The monoisotopic (exact) mass is 532 g/mol. The van der Waals surface area contributed by atoms with Gasteiger partial charge >= 0.3 is 0 Å². The highest BCUT2D eigenvalue weighted by Crippen LogP contribution is 2.36. The second-order valence-electron chi connectivity index (χ2n) is 9.93. The maximum Gasteiger partial charge on any atom is 0.256 e. The Morgan fingerprint density at radius 1 is 1.08 bits per heavy atom. The number of aryl methyl sites for hydroxylation is 1. The predicted molar refractivity (Wildman–Crippen MR) is 149 cm³/mol. The van der Waals surface area contributed by atoms with Crippen molar-refractivity contribution in [3.05, 3.63) is 82.2 Å². The van der Waals surface area contributed by atoms with Gasteiger partial charge in [0.15, 0.2) is 9.84 Å². The first-order valence-corrected chi connectivity index (χ1v) is 14.5. The van der Waals surface area contributed by atoms with E-state index in [1.54, 1.807) is 42.5 Å². The lowest BCUT2D eigenvalue weighted by atomic mass is 10.0. The number of amides is 2. The Hall–Kier alpha value is -3.69. The molecule has 5 rings (SSSR count). The first-order chi connectivity index (χ1) is 18.2. The zero-order valence-electron chi connectivity index (χ0n) is 21.6. The smallest absolute Gasteiger partial charge is 0.256 e. The number of nitrogens with one attached hydrogen (secondary N) is 3. The highest BCUT2D eigenvalue weighted by atomic mass is 32.2. The summed E-state index contributed by atoms with van der Waals surface area (Å²) in [6, 6.07) is 13.7. The lowest BCUT2D eigenvalue weighted by molar-refractivity contribution is -0.110. The van der Waals surface area contributed by atoms with E-state index in [1.165, 1.54) is 18.9 Å². The summed E-state index contributed by atoms with van der Waals surface area (Å²) in [5, 5.41) is 5.83. The van der Waals surface area contributed by atoms with E-state index in [4.69, 9.17) is 0 Å². The molecule has 2 aliphatic heterocycles. The van der Waals surface area contributed by atoms with Gasteiger partial charge in [-0.1, -0.05) is 30.3 Å². The van der Waals surface area contributed by atoms with E-state index >= 15 is 0 Å². The number of nitrogens with zero attached hydrogens (tertiary/aromatic N) is 1. The average Bonchev–Trinajstić information content (AvgIpc) is 3.58. The van der Waals surface area contributed by atoms with Gasteiger partial charge in [0.1, 0.15) is 0 Å². The molecule has 0 aliphatic carbocycles. The van der Waals surface area contributed by atoms with Crippen LogP contribution in [0.3, 0.4) is 0 Å². The van der Waals surface area contributed by atoms with Crippen LogP contribution >= 0.6 is 0 Å².